The van der Waals surface area contributed by atoms with Crippen LogP contribution in [-0.2, 0) is 9.59 Å². The number of aryl methyl sites for hydroxylation is 1. The van der Waals surface area contributed by atoms with Crippen LogP contribution < -0.4 is 10.6 Å². The number of anilines is 1. The van der Waals surface area contributed by atoms with Gasteiger partial charge in [-0.2, -0.15) is 5.26 Å². The fourth-order valence-corrected chi connectivity index (χ4v) is 4.64. The first-order valence-corrected chi connectivity index (χ1v) is 11.7. The number of likely N-dealkylation sites (tertiary alicyclic amines) is 1. The van der Waals surface area contributed by atoms with Gasteiger partial charge in [0.1, 0.15) is 0 Å². The highest BCUT2D eigenvalue weighted by atomic mass is 16.2. The number of aromatic amines is 1. The van der Waals surface area contributed by atoms with Gasteiger partial charge in [0.2, 0.25) is 5.91 Å². The molecule has 1 aromatic heterocycles. The monoisotopic (exact) mass is 459 g/mol. The van der Waals surface area contributed by atoms with Gasteiger partial charge in [0.25, 0.3) is 11.8 Å². The van der Waals surface area contributed by atoms with Crippen molar-refractivity contribution < 1.29 is 14.4 Å². The van der Waals surface area contributed by atoms with Crippen molar-refractivity contribution in [3.63, 3.8) is 0 Å². The molecule has 3 amide bonds. The van der Waals surface area contributed by atoms with Crippen LogP contribution in [0.25, 0.3) is 11.6 Å². The normalized spacial score (nSPS) is 16.7. The highest BCUT2D eigenvalue weighted by Gasteiger charge is 2.26. The zero-order valence-electron chi connectivity index (χ0n) is 19.6. The maximum atomic E-state index is 12.9. The number of H-pyrrole nitrogens is 1. The SMILES string of the molecule is Cc1[nH]c(C=C2C(=O)Nc3ccc(C#N)cc32)c(C)c1C(=O)NCCCN1CCCCCC1=O. The van der Waals surface area contributed by atoms with E-state index in [2.05, 4.69) is 21.7 Å². The molecule has 0 bridgehead atoms. The summed E-state index contributed by atoms with van der Waals surface area (Å²) in [5, 5.41) is 15.0. The minimum atomic E-state index is -0.245. The zero-order chi connectivity index (χ0) is 24.2. The average Bonchev–Trinajstić information content (AvgIpc) is 3.18. The quantitative estimate of drug-likeness (QED) is 0.452. The Balaban J connectivity index is 1.45. The molecule has 2 aliphatic rings. The number of carbonyl (C=O) groups is 3. The van der Waals surface area contributed by atoms with E-state index >= 15 is 0 Å². The number of hydrogen-bond donors (Lipinski definition) is 3. The van der Waals surface area contributed by atoms with Gasteiger partial charge in [-0.05, 0) is 62.9 Å². The molecule has 3 N–H and O–H groups in total. The summed E-state index contributed by atoms with van der Waals surface area (Å²) in [7, 11) is 0. The first-order valence-electron chi connectivity index (χ1n) is 11.7. The first-order chi connectivity index (χ1) is 16.4. The molecule has 0 unspecified atom stereocenters. The van der Waals surface area contributed by atoms with Gasteiger partial charge in [-0.15, -0.1) is 0 Å². The lowest BCUT2D eigenvalue weighted by molar-refractivity contribution is -0.130. The fourth-order valence-electron chi connectivity index (χ4n) is 4.64. The lowest BCUT2D eigenvalue weighted by Crippen LogP contribution is -2.34. The van der Waals surface area contributed by atoms with Gasteiger partial charge in [0.05, 0.1) is 22.8 Å². The molecule has 1 fully saturated rings. The molecule has 34 heavy (non-hydrogen) atoms. The van der Waals surface area contributed by atoms with Gasteiger partial charge < -0.3 is 20.5 Å². The molecule has 0 saturated carbocycles. The number of nitrogens with zero attached hydrogens (tertiary/aromatic N) is 2. The summed E-state index contributed by atoms with van der Waals surface area (Å²) in [5.41, 5.74) is 4.96. The maximum Gasteiger partial charge on any atom is 0.256 e. The summed E-state index contributed by atoms with van der Waals surface area (Å²) in [5.74, 6) is -0.217. The molecule has 1 saturated heterocycles. The van der Waals surface area contributed by atoms with Crippen molar-refractivity contribution in [2.24, 2.45) is 0 Å². The molecule has 3 heterocycles. The maximum absolute atomic E-state index is 12.9. The van der Waals surface area contributed by atoms with Crippen molar-refractivity contribution in [2.45, 2.75) is 46.0 Å². The number of amides is 3. The summed E-state index contributed by atoms with van der Waals surface area (Å²) < 4.78 is 0. The predicted molar refractivity (Wildman–Crippen MR) is 130 cm³/mol. The highest BCUT2D eigenvalue weighted by Crippen LogP contribution is 2.34. The molecule has 0 aliphatic carbocycles. The molecule has 4 rings (SSSR count). The molecule has 0 atom stereocenters. The molecule has 1 aromatic carbocycles. The lowest BCUT2D eigenvalue weighted by atomic mass is 10.0. The van der Waals surface area contributed by atoms with Crippen LogP contribution in [0.15, 0.2) is 18.2 Å². The number of fused-ring (bicyclic) bond motifs is 1. The fraction of sp³-hybridized carbons (Fsp3) is 0.385. The molecule has 8 heteroatoms. The summed E-state index contributed by atoms with van der Waals surface area (Å²) in [4.78, 5) is 42.7. The third-order valence-corrected chi connectivity index (χ3v) is 6.49. The van der Waals surface area contributed by atoms with Crippen molar-refractivity contribution >= 4 is 35.1 Å². The number of aromatic nitrogens is 1. The molecule has 8 nitrogen and oxygen atoms in total. The van der Waals surface area contributed by atoms with E-state index in [1.54, 1.807) is 24.3 Å². The number of hydrogen-bond acceptors (Lipinski definition) is 4. The second-order valence-electron chi connectivity index (χ2n) is 8.85. The molecule has 2 aromatic rings. The minimum absolute atomic E-state index is 0.180. The number of carbonyl (C=O) groups excluding carboxylic acids is 3. The Hall–Kier alpha value is -3.86. The van der Waals surface area contributed by atoms with Crippen molar-refractivity contribution in [3.05, 3.63) is 51.8 Å². The molecule has 176 valence electrons. The van der Waals surface area contributed by atoms with Crippen LogP contribution in [0.2, 0.25) is 0 Å². The second-order valence-corrected chi connectivity index (χ2v) is 8.85. The van der Waals surface area contributed by atoms with E-state index in [0.717, 1.165) is 31.4 Å². The van der Waals surface area contributed by atoms with Crippen LogP contribution >= 0.6 is 0 Å². The topological polar surface area (TPSA) is 118 Å². The van der Waals surface area contributed by atoms with E-state index in [1.165, 1.54) is 0 Å². The van der Waals surface area contributed by atoms with E-state index in [-0.39, 0.29) is 17.7 Å². The van der Waals surface area contributed by atoms with Crippen molar-refractivity contribution in [1.82, 2.24) is 15.2 Å². The van der Waals surface area contributed by atoms with Gasteiger partial charge in [-0.1, -0.05) is 6.42 Å². The summed E-state index contributed by atoms with van der Waals surface area (Å²) in [6.45, 7) is 5.61. The number of nitriles is 1. The zero-order valence-corrected chi connectivity index (χ0v) is 19.6. The Morgan fingerprint density at radius 2 is 2.06 bits per heavy atom. The Kier molecular flexibility index (Phi) is 6.82. The summed E-state index contributed by atoms with van der Waals surface area (Å²) >= 11 is 0. The van der Waals surface area contributed by atoms with Gasteiger partial charge in [-0.25, -0.2) is 0 Å². The smallest absolute Gasteiger partial charge is 0.256 e. The third-order valence-electron chi connectivity index (χ3n) is 6.49. The van der Waals surface area contributed by atoms with E-state index in [9.17, 15) is 19.6 Å². The third kappa shape index (κ3) is 4.74. The van der Waals surface area contributed by atoms with Gasteiger partial charge in [0.15, 0.2) is 0 Å². The van der Waals surface area contributed by atoms with Crippen molar-refractivity contribution in [3.8, 4) is 6.07 Å². The van der Waals surface area contributed by atoms with Crippen molar-refractivity contribution in [2.75, 3.05) is 25.0 Å². The molecular weight excluding hydrogens is 430 g/mol. The predicted octanol–water partition coefficient (Wildman–Crippen LogP) is 3.52. The lowest BCUT2D eigenvalue weighted by Gasteiger charge is -2.20. The van der Waals surface area contributed by atoms with E-state index < -0.39 is 0 Å². The van der Waals surface area contributed by atoms with E-state index in [4.69, 9.17) is 0 Å². The molecule has 0 radical (unpaired) electrons. The second kappa shape index (κ2) is 9.96. The Labute approximate surface area is 199 Å². The average molecular weight is 460 g/mol. The van der Waals surface area contributed by atoms with Crippen molar-refractivity contribution in [1.29, 1.82) is 5.26 Å². The van der Waals surface area contributed by atoms with Crippen LogP contribution in [0.4, 0.5) is 5.69 Å². The Morgan fingerprint density at radius 3 is 2.85 bits per heavy atom. The Bertz CT molecular complexity index is 1220. The van der Waals surface area contributed by atoms with Crippen LogP contribution in [-0.4, -0.2) is 47.2 Å². The highest BCUT2D eigenvalue weighted by molar-refractivity contribution is 6.35. The number of benzene rings is 1. The standard InChI is InChI=1S/C26H29N5O3/c1-16-22(14-20-19-13-18(15-27)8-9-21(19)30-25(20)33)29-17(2)24(16)26(34)28-10-6-12-31-11-5-3-4-7-23(31)32/h8-9,13-14,29H,3-7,10-12H2,1-2H3,(H,28,34)(H,30,33). The number of nitrogens with one attached hydrogen (secondary N) is 3. The number of rotatable bonds is 6. The minimum Gasteiger partial charge on any atom is -0.358 e. The summed E-state index contributed by atoms with van der Waals surface area (Å²) in [6, 6.07) is 7.17. The van der Waals surface area contributed by atoms with Gasteiger partial charge in [0, 0.05) is 48.7 Å². The van der Waals surface area contributed by atoms with Crippen LogP contribution in [0.3, 0.4) is 0 Å². The van der Waals surface area contributed by atoms with Crippen LogP contribution in [0.1, 0.15) is 70.5 Å². The molecule has 2 aliphatic heterocycles. The first kappa shape index (κ1) is 23.3. The van der Waals surface area contributed by atoms with E-state index in [1.807, 2.05) is 18.7 Å². The molecular formula is C26H29N5O3. The molecule has 0 spiro atoms. The van der Waals surface area contributed by atoms with Crippen LogP contribution in [0, 0.1) is 25.2 Å². The Morgan fingerprint density at radius 1 is 1.24 bits per heavy atom. The summed E-state index contributed by atoms with van der Waals surface area (Å²) in [6.07, 6.45) is 6.15. The largest absolute Gasteiger partial charge is 0.358 e. The van der Waals surface area contributed by atoms with Gasteiger partial charge >= 0.3 is 0 Å². The van der Waals surface area contributed by atoms with Crippen LogP contribution in [0.5, 0.6) is 0 Å². The van der Waals surface area contributed by atoms with E-state index in [0.29, 0.717) is 65.3 Å². The van der Waals surface area contributed by atoms with Gasteiger partial charge in [-0.3, -0.25) is 14.4 Å².